The molecule has 4 heteroatoms. The van der Waals surface area contributed by atoms with Crippen LogP contribution >= 0.6 is 22.9 Å². The van der Waals surface area contributed by atoms with Gasteiger partial charge in [-0.15, -0.1) is 22.9 Å². The monoisotopic (exact) mass is 260 g/mol. The maximum Gasteiger partial charge on any atom is 0.107 e. The average molecular weight is 261 g/mol. The third-order valence-corrected chi connectivity index (χ3v) is 3.77. The van der Waals surface area contributed by atoms with Crippen LogP contribution in [0.2, 0.25) is 0 Å². The van der Waals surface area contributed by atoms with Crippen LogP contribution in [-0.2, 0) is 6.54 Å². The zero-order valence-corrected chi connectivity index (χ0v) is 11.7. The number of alkyl halides is 1. The third kappa shape index (κ3) is 5.28. The van der Waals surface area contributed by atoms with Gasteiger partial charge in [0.25, 0.3) is 0 Å². The van der Waals surface area contributed by atoms with Crippen LogP contribution in [0, 0.1) is 12.8 Å². The number of halogens is 1. The first-order valence-electron chi connectivity index (χ1n) is 5.94. The zero-order chi connectivity index (χ0) is 11.8. The van der Waals surface area contributed by atoms with E-state index < -0.39 is 0 Å². The van der Waals surface area contributed by atoms with Crippen LogP contribution < -0.4 is 5.32 Å². The van der Waals surface area contributed by atoms with Crippen LogP contribution in [0.1, 0.15) is 36.9 Å². The van der Waals surface area contributed by atoms with E-state index in [1.807, 2.05) is 6.92 Å². The van der Waals surface area contributed by atoms with E-state index in [1.54, 1.807) is 11.3 Å². The molecular weight excluding hydrogens is 240 g/mol. The highest BCUT2D eigenvalue weighted by Crippen LogP contribution is 2.12. The van der Waals surface area contributed by atoms with Crippen molar-refractivity contribution >= 4 is 22.9 Å². The number of nitrogens with zero attached hydrogens (tertiary/aromatic N) is 1. The predicted molar refractivity (Wildman–Crippen MR) is 72.3 cm³/mol. The van der Waals surface area contributed by atoms with Crippen LogP contribution in [0.5, 0.6) is 0 Å². The summed E-state index contributed by atoms with van der Waals surface area (Å²) < 4.78 is 0. The molecule has 0 aliphatic carbocycles. The van der Waals surface area contributed by atoms with Gasteiger partial charge >= 0.3 is 0 Å². The van der Waals surface area contributed by atoms with Crippen molar-refractivity contribution in [3.05, 3.63) is 16.1 Å². The minimum absolute atomic E-state index is 0.712. The molecule has 0 fully saturated rings. The molecule has 0 aliphatic rings. The average Bonchev–Trinajstić information content (AvgIpc) is 2.65. The van der Waals surface area contributed by atoms with E-state index in [1.165, 1.54) is 17.8 Å². The van der Waals surface area contributed by atoms with Gasteiger partial charge in [0.2, 0.25) is 0 Å². The number of thiazole rings is 1. The molecule has 0 radical (unpaired) electrons. The molecule has 0 spiro atoms. The van der Waals surface area contributed by atoms with Crippen LogP contribution in [0.15, 0.2) is 5.38 Å². The molecule has 2 nitrogen and oxygen atoms in total. The fourth-order valence-corrected chi connectivity index (χ4v) is 2.83. The topological polar surface area (TPSA) is 24.9 Å². The molecular formula is C12H21ClN2S. The van der Waals surface area contributed by atoms with Gasteiger partial charge in [-0.1, -0.05) is 13.3 Å². The minimum atomic E-state index is 0.712. The third-order valence-electron chi connectivity index (χ3n) is 2.59. The van der Waals surface area contributed by atoms with Crippen LogP contribution in [-0.4, -0.2) is 17.4 Å². The zero-order valence-electron chi connectivity index (χ0n) is 10.1. The number of hydrogen-bond donors (Lipinski definition) is 1. The fourth-order valence-electron chi connectivity index (χ4n) is 1.78. The van der Waals surface area contributed by atoms with E-state index in [0.717, 1.165) is 31.1 Å². The quantitative estimate of drug-likeness (QED) is 0.723. The minimum Gasteiger partial charge on any atom is -0.310 e. The molecule has 0 saturated heterocycles. The largest absolute Gasteiger partial charge is 0.310 e. The van der Waals surface area contributed by atoms with Crippen molar-refractivity contribution in [1.29, 1.82) is 0 Å². The number of aryl methyl sites for hydroxylation is 1. The molecule has 1 unspecified atom stereocenters. The molecule has 92 valence electrons. The lowest BCUT2D eigenvalue weighted by atomic mass is 10.0. The molecule has 1 heterocycles. The van der Waals surface area contributed by atoms with Crippen LogP contribution in [0.3, 0.4) is 0 Å². The first-order chi connectivity index (χ1) is 7.76. The van der Waals surface area contributed by atoms with Gasteiger partial charge < -0.3 is 5.32 Å². The van der Waals surface area contributed by atoms with Gasteiger partial charge in [0, 0.05) is 23.5 Å². The van der Waals surface area contributed by atoms with Crippen molar-refractivity contribution in [3.63, 3.8) is 0 Å². The standard InChI is InChI=1S/C12H21ClN2S/c1-3-4-11(5-6-13)7-14-8-12-15-10(2)9-16-12/h9,11,14H,3-8H2,1-2H3. The first-order valence-corrected chi connectivity index (χ1v) is 7.35. The van der Waals surface area contributed by atoms with Gasteiger partial charge in [-0.3, -0.25) is 0 Å². The van der Waals surface area contributed by atoms with Gasteiger partial charge in [0.1, 0.15) is 5.01 Å². The van der Waals surface area contributed by atoms with E-state index >= 15 is 0 Å². The highest BCUT2D eigenvalue weighted by Gasteiger charge is 2.07. The Morgan fingerprint density at radius 1 is 1.50 bits per heavy atom. The first kappa shape index (κ1) is 13.9. The lowest BCUT2D eigenvalue weighted by Gasteiger charge is -2.14. The Morgan fingerprint density at radius 3 is 2.88 bits per heavy atom. The molecule has 1 aromatic rings. The van der Waals surface area contributed by atoms with Crippen molar-refractivity contribution < 1.29 is 0 Å². The fraction of sp³-hybridized carbons (Fsp3) is 0.750. The SMILES string of the molecule is CCCC(CCCl)CNCc1nc(C)cs1. The van der Waals surface area contributed by atoms with Crippen LogP contribution in [0.4, 0.5) is 0 Å². The summed E-state index contributed by atoms with van der Waals surface area (Å²) in [5.41, 5.74) is 1.12. The molecule has 1 rings (SSSR count). The second-order valence-electron chi connectivity index (χ2n) is 4.15. The second kappa shape index (κ2) is 8.04. The molecule has 0 saturated carbocycles. The van der Waals surface area contributed by atoms with Gasteiger partial charge in [-0.05, 0) is 32.2 Å². The summed E-state index contributed by atoms with van der Waals surface area (Å²) >= 11 is 7.52. The van der Waals surface area contributed by atoms with Crippen molar-refractivity contribution in [2.45, 2.75) is 39.7 Å². The molecule has 0 aromatic carbocycles. The Morgan fingerprint density at radius 2 is 2.31 bits per heavy atom. The van der Waals surface area contributed by atoms with Gasteiger partial charge in [0.05, 0.1) is 0 Å². The summed E-state index contributed by atoms with van der Waals surface area (Å²) in [6.07, 6.45) is 3.61. The van der Waals surface area contributed by atoms with Gasteiger partial charge in [0.15, 0.2) is 0 Å². The Hall–Kier alpha value is -0.120. The Bertz CT molecular complexity index is 282. The number of aromatic nitrogens is 1. The molecule has 1 aromatic heterocycles. The van der Waals surface area contributed by atoms with Crippen LogP contribution in [0.25, 0.3) is 0 Å². The summed E-state index contributed by atoms with van der Waals surface area (Å²) in [6, 6.07) is 0. The van der Waals surface area contributed by atoms with E-state index in [2.05, 4.69) is 22.6 Å². The highest BCUT2D eigenvalue weighted by molar-refractivity contribution is 7.09. The van der Waals surface area contributed by atoms with Crippen molar-refractivity contribution in [2.75, 3.05) is 12.4 Å². The Balaban J connectivity index is 2.21. The highest BCUT2D eigenvalue weighted by atomic mass is 35.5. The Kier molecular flexibility index (Phi) is 7.01. The van der Waals surface area contributed by atoms with Gasteiger partial charge in [-0.2, -0.15) is 0 Å². The summed E-state index contributed by atoms with van der Waals surface area (Å²) in [5.74, 6) is 1.48. The Labute approximate surface area is 107 Å². The summed E-state index contributed by atoms with van der Waals surface area (Å²) in [6.45, 7) is 6.21. The van der Waals surface area contributed by atoms with E-state index in [-0.39, 0.29) is 0 Å². The van der Waals surface area contributed by atoms with E-state index in [4.69, 9.17) is 11.6 Å². The molecule has 0 amide bonds. The van der Waals surface area contributed by atoms with E-state index in [9.17, 15) is 0 Å². The van der Waals surface area contributed by atoms with Crippen molar-refractivity contribution in [2.24, 2.45) is 5.92 Å². The molecule has 16 heavy (non-hydrogen) atoms. The maximum atomic E-state index is 5.79. The number of nitrogens with one attached hydrogen (secondary N) is 1. The number of hydrogen-bond acceptors (Lipinski definition) is 3. The maximum absolute atomic E-state index is 5.79. The smallest absolute Gasteiger partial charge is 0.107 e. The summed E-state index contributed by atoms with van der Waals surface area (Å²) in [4.78, 5) is 4.43. The summed E-state index contributed by atoms with van der Waals surface area (Å²) in [7, 11) is 0. The lowest BCUT2D eigenvalue weighted by molar-refractivity contribution is 0.430. The molecule has 1 atom stereocenters. The van der Waals surface area contributed by atoms with Gasteiger partial charge in [-0.25, -0.2) is 4.98 Å². The molecule has 1 N–H and O–H groups in total. The normalized spacial score (nSPS) is 12.9. The molecule has 0 aliphatic heterocycles. The van der Waals surface area contributed by atoms with Crippen molar-refractivity contribution in [1.82, 2.24) is 10.3 Å². The lowest BCUT2D eigenvalue weighted by Crippen LogP contribution is -2.22. The van der Waals surface area contributed by atoms with E-state index in [0.29, 0.717) is 5.92 Å². The summed E-state index contributed by atoms with van der Waals surface area (Å²) in [5, 5.41) is 6.75. The number of rotatable bonds is 8. The molecule has 0 bridgehead atoms. The van der Waals surface area contributed by atoms with Crippen molar-refractivity contribution in [3.8, 4) is 0 Å². The second-order valence-corrected chi connectivity index (χ2v) is 5.47. The predicted octanol–water partition coefficient (Wildman–Crippen LogP) is 3.59.